The molecular weight excluding hydrogens is 262 g/mol. The summed E-state index contributed by atoms with van der Waals surface area (Å²) < 4.78 is 0. The van der Waals surface area contributed by atoms with Gasteiger partial charge in [-0.2, -0.15) is 0 Å². The smallest absolute Gasteiger partial charge is 0.326 e. The molecule has 1 saturated carbocycles. The summed E-state index contributed by atoms with van der Waals surface area (Å²) in [4.78, 5) is 37.5. The zero-order valence-electron chi connectivity index (χ0n) is 11.7. The van der Waals surface area contributed by atoms with Crippen LogP contribution in [0.4, 0.5) is 4.79 Å². The van der Waals surface area contributed by atoms with E-state index in [0.29, 0.717) is 6.42 Å². The highest BCUT2D eigenvalue weighted by atomic mass is 16.3. The lowest BCUT2D eigenvalue weighted by molar-refractivity contribution is -0.127. The third-order valence-electron chi connectivity index (χ3n) is 4.03. The van der Waals surface area contributed by atoms with Crippen molar-refractivity contribution in [3.8, 4) is 0 Å². The van der Waals surface area contributed by atoms with Crippen LogP contribution in [0, 0.1) is 0 Å². The fourth-order valence-electron chi connectivity index (χ4n) is 2.57. The van der Waals surface area contributed by atoms with Crippen LogP contribution in [0.2, 0.25) is 0 Å². The normalized spacial score (nSPS) is 21.1. The molecule has 2 aliphatic rings. The lowest BCUT2D eigenvalue weighted by Crippen LogP contribution is -2.56. The summed E-state index contributed by atoms with van der Waals surface area (Å²) in [5.41, 5.74) is -0.434. The molecule has 1 heterocycles. The van der Waals surface area contributed by atoms with Gasteiger partial charge in [0.15, 0.2) is 0 Å². The molecule has 0 spiro atoms. The molecule has 0 unspecified atom stereocenters. The van der Waals surface area contributed by atoms with E-state index in [2.05, 4.69) is 5.32 Å². The fraction of sp³-hybridized carbons (Fsp3) is 0.769. The summed E-state index contributed by atoms with van der Waals surface area (Å²) in [5.74, 6) is -0.352. The van der Waals surface area contributed by atoms with Gasteiger partial charge in [0.05, 0.1) is 12.1 Å². The first-order chi connectivity index (χ1) is 9.47. The number of likely N-dealkylation sites (N-methyl/N-ethyl adjacent to an activating group) is 1. The Morgan fingerprint density at radius 3 is 2.55 bits per heavy atom. The van der Waals surface area contributed by atoms with Gasteiger partial charge < -0.3 is 15.3 Å². The second-order valence-electron chi connectivity index (χ2n) is 5.63. The van der Waals surface area contributed by atoms with Gasteiger partial charge in [0.1, 0.15) is 6.54 Å². The lowest BCUT2D eigenvalue weighted by Gasteiger charge is -2.41. The number of amides is 4. The maximum atomic E-state index is 11.8. The van der Waals surface area contributed by atoms with Crippen LogP contribution in [-0.4, -0.2) is 65.0 Å². The molecule has 2 fully saturated rings. The van der Waals surface area contributed by atoms with E-state index in [0.717, 1.165) is 19.3 Å². The second kappa shape index (κ2) is 5.78. The summed E-state index contributed by atoms with van der Waals surface area (Å²) >= 11 is 0. The molecule has 0 radical (unpaired) electrons. The van der Waals surface area contributed by atoms with Gasteiger partial charge in [-0.25, -0.2) is 4.79 Å². The number of aliphatic hydroxyl groups is 1. The van der Waals surface area contributed by atoms with E-state index in [1.165, 1.54) is 9.80 Å². The Hall–Kier alpha value is -1.63. The van der Waals surface area contributed by atoms with Crippen molar-refractivity contribution in [2.75, 3.05) is 26.7 Å². The zero-order chi connectivity index (χ0) is 14.8. The summed E-state index contributed by atoms with van der Waals surface area (Å²) in [7, 11) is 1.58. The first kappa shape index (κ1) is 14.8. The Bertz CT molecular complexity index is 414. The van der Waals surface area contributed by atoms with E-state index in [1.807, 2.05) is 0 Å². The van der Waals surface area contributed by atoms with Crippen molar-refractivity contribution in [3.63, 3.8) is 0 Å². The predicted molar refractivity (Wildman–Crippen MR) is 70.8 cm³/mol. The van der Waals surface area contributed by atoms with Crippen molar-refractivity contribution >= 4 is 17.8 Å². The molecule has 1 aliphatic carbocycles. The number of nitrogens with zero attached hydrogens (tertiary/aromatic N) is 2. The van der Waals surface area contributed by atoms with Crippen molar-refractivity contribution in [3.05, 3.63) is 0 Å². The number of hydrogen-bond donors (Lipinski definition) is 2. The number of carbonyl (C=O) groups excluding carboxylic acids is 3. The van der Waals surface area contributed by atoms with Crippen LogP contribution in [0.15, 0.2) is 0 Å². The van der Waals surface area contributed by atoms with Gasteiger partial charge in [0.25, 0.3) is 0 Å². The quantitative estimate of drug-likeness (QED) is 0.654. The van der Waals surface area contributed by atoms with Gasteiger partial charge in [-0.1, -0.05) is 0 Å². The van der Waals surface area contributed by atoms with E-state index in [4.69, 9.17) is 0 Å². The molecule has 2 rings (SSSR count). The predicted octanol–water partition coefficient (Wildman–Crippen LogP) is -0.308. The van der Waals surface area contributed by atoms with Gasteiger partial charge in [0, 0.05) is 20.0 Å². The Morgan fingerprint density at radius 1 is 1.40 bits per heavy atom. The minimum atomic E-state index is -0.434. The molecule has 4 amide bonds. The SMILES string of the molecule is CN1CC(=O)N(CCCC(=O)NC2(CO)CCC2)C1=O. The summed E-state index contributed by atoms with van der Waals surface area (Å²) in [6, 6.07) is -0.304. The fourth-order valence-corrected chi connectivity index (χ4v) is 2.57. The van der Waals surface area contributed by atoms with Crippen molar-refractivity contribution in [1.82, 2.24) is 15.1 Å². The van der Waals surface area contributed by atoms with Crippen LogP contribution >= 0.6 is 0 Å². The number of nitrogens with one attached hydrogen (secondary N) is 1. The Labute approximate surface area is 117 Å². The van der Waals surface area contributed by atoms with E-state index < -0.39 is 5.54 Å². The average molecular weight is 283 g/mol. The van der Waals surface area contributed by atoms with Gasteiger partial charge in [-0.15, -0.1) is 0 Å². The topological polar surface area (TPSA) is 90.0 Å². The number of carbonyl (C=O) groups is 3. The molecular formula is C13H21N3O4. The highest BCUT2D eigenvalue weighted by molar-refractivity contribution is 6.01. The van der Waals surface area contributed by atoms with Crippen LogP contribution in [0.25, 0.3) is 0 Å². The van der Waals surface area contributed by atoms with Crippen molar-refractivity contribution in [1.29, 1.82) is 0 Å². The maximum Gasteiger partial charge on any atom is 0.326 e. The molecule has 7 nitrogen and oxygen atoms in total. The molecule has 0 aromatic rings. The van der Waals surface area contributed by atoms with Crippen LogP contribution in [0.5, 0.6) is 0 Å². The molecule has 112 valence electrons. The van der Waals surface area contributed by atoms with E-state index >= 15 is 0 Å². The van der Waals surface area contributed by atoms with E-state index in [-0.39, 0.29) is 44.0 Å². The third-order valence-corrected chi connectivity index (χ3v) is 4.03. The zero-order valence-corrected chi connectivity index (χ0v) is 11.7. The standard InChI is InChI=1S/C13H21N3O4/c1-15-8-11(19)16(12(15)20)7-2-4-10(18)14-13(9-17)5-3-6-13/h17H,2-9H2,1H3,(H,14,18). The molecule has 0 atom stereocenters. The largest absolute Gasteiger partial charge is 0.394 e. The van der Waals surface area contributed by atoms with Crippen molar-refractivity contribution in [2.45, 2.75) is 37.6 Å². The highest BCUT2D eigenvalue weighted by Crippen LogP contribution is 2.31. The molecule has 2 N–H and O–H groups in total. The van der Waals surface area contributed by atoms with Crippen LogP contribution in [-0.2, 0) is 9.59 Å². The first-order valence-corrected chi connectivity index (χ1v) is 6.95. The summed E-state index contributed by atoms with van der Waals surface area (Å²) in [6.45, 7) is 0.340. The van der Waals surface area contributed by atoms with Crippen LogP contribution in [0.3, 0.4) is 0 Å². The third kappa shape index (κ3) is 2.92. The number of hydrogen-bond acceptors (Lipinski definition) is 4. The molecule has 0 aromatic heterocycles. The second-order valence-corrected chi connectivity index (χ2v) is 5.63. The van der Waals surface area contributed by atoms with Gasteiger partial charge in [0.2, 0.25) is 11.8 Å². The van der Waals surface area contributed by atoms with Crippen molar-refractivity contribution in [2.24, 2.45) is 0 Å². The minimum absolute atomic E-state index is 0.0351. The number of urea groups is 1. The van der Waals surface area contributed by atoms with Gasteiger partial charge >= 0.3 is 6.03 Å². The first-order valence-electron chi connectivity index (χ1n) is 6.95. The molecule has 1 aliphatic heterocycles. The average Bonchev–Trinajstić information content (AvgIpc) is 2.60. The molecule has 20 heavy (non-hydrogen) atoms. The van der Waals surface area contributed by atoms with E-state index in [1.54, 1.807) is 7.05 Å². The molecule has 0 bridgehead atoms. The van der Waals surface area contributed by atoms with Crippen LogP contribution in [0.1, 0.15) is 32.1 Å². The number of rotatable bonds is 6. The molecule has 0 aromatic carbocycles. The highest BCUT2D eigenvalue weighted by Gasteiger charge is 2.37. The van der Waals surface area contributed by atoms with Gasteiger partial charge in [-0.05, 0) is 25.7 Å². The minimum Gasteiger partial charge on any atom is -0.394 e. The monoisotopic (exact) mass is 283 g/mol. The van der Waals surface area contributed by atoms with E-state index in [9.17, 15) is 19.5 Å². The van der Waals surface area contributed by atoms with Crippen molar-refractivity contribution < 1.29 is 19.5 Å². The number of imide groups is 1. The Kier molecular flexibility index (Phi) is 4.27. The Balaban J connectivity index is 1.72. The Morgan fingerprint density at radius 2 is 2.10 bits per heavy atom. The summed E-state index contributed by atoms with van der Waals surface area (Å²) in [5, 5.41) is 12.1. The summed E-state index contributed by atoms with van der Waals surface area (Å²) in [6.07, 6.45) is 3.33. The number of aliphatic hydroxyl groups excluding tert-OH is 1. The molecule has 7 heteroatoms. The maximum absolute atomic E-state index is 11.8. The molecule has 1 saturated heterocycles. The lowest BCUT2D eigenvalue weighted by atomic mass is 9.77. The van der Waals surface area contributed by atoms with Gasteiger partial charge in [-0.3, -0.25) is 14.5 Å². The van der Waals surface area contributed by atoms with Crippen LogP contribution < -0.4 is 5.32 Å².